The summed E-state index contributed by atoms with van der Waals surface area (Å²) in [5, 5.41) is 56.8. The molecule has 11 nitrogen and oxygen atoms in total. The first-order chi connectivity index (χ1) is 10.8. The Bertz CT molecular complexity index is 452. The van der Waals surface area contributed by atoms with Crippen LogP contribution in [0.25, 0.3) is 0 Å². The zero-order valence-corrected chi connectivity index (χ0v) is 11.8. The Hall–Kier alpha value is -1.18. The van der Waals surface area contributed by atoms with E-state index in [-0.39, 0.29) is 0 Å². The van der Waals surface area contributed by atoms with E-state index in [0.717, 1.165) is 0 Å². The molecule has 2 aliphatic heterocycles. The number of carbonyl (C=O) groups excluding carboxylic acids is 2. The lowest BCUT2D eigenvalue weighted by Crippen LogP contribution is -2.59. The molecular formula is C12H18O11. The summed E-state index contributed by atoms with van der Waals surface area (Å²) in [6.07, 6.45) is -12.8. The van der Waals surface area contributed by atoms with E-state index in [1.54, 1.807) is 0 Å². The van der Waals surface area contributed by atoms with Crippen LogP contribution in [0.2, 0.25) is 0 Å². The normalized spacial score (nSPS) is 42.6. The Balaban J connectivity index is 1.92. The third-order valence-corrected chi connectivity index (χ3v) is 3.65. The topological polar surface area (TPSA) is 183 Å². The second kappa shape index (κ2) is 7.15. The minimum atomic E-state index is -1.97. The Kier molecular flexibility index (Phi) is 5.65. The summed E-state index contributed by atoms with van der Waals surface area (Å²) >= 11 is 0. The minimum absolute atomic E-state index is 0.640. The van der Waals surface area contributed by atoms with E-state index >= 15 is 0 Å². The number of rotatable bonds is 5. The lowest BCUT2D eigenvalue weighted by molar-refractivity contribution is -0.305. The number of hydrogen-bond acceptors (Lipinski definition) is 11. The average Bonchev–Trinajstić information content (AvgIpc) is 2.79. The van der Waals surface area contributed by atoms with E-state index in [9.17, 15) is 30.0 Å². The minimum Gasteiger partial charge on any atom is -0.449 e. The molecular weight excluding hydrogens is 320 g/mol. The Morgan fingerprint density at radius 1 is 1.09 bits per heavy atom. The van der Waals surface area contributed by atoms with Gasteiger partial charge in [-0.15, -0.1) is 0 Å². The highest BCUT2D eigenvalue weighted by Gasteiger charge is 2.47. The van der Waals surface area contributed by atoms with Gasteiger partial charge in [-0.1, -0.05) is 0 Å². The predicted octanol–water partition coefficient (Wildman–Crippen LogP) is -4.98. The highest BCUT2D eigenvalue weighted by atomic mass is 16.7. The molecule has 8 atom stereocenters. The molecule has 0 aromatic carbocycles. The summed E-state index contributed by atoms with van der Waals surface area (Å²) < 4.78 is 14.5. The van der Waals surface area contributed by atoms with Crippen molar-refractivity contribution in [3.63, 3.8) is 0 Å². The van der Waals surface area contributed by atoms with E-state index in [0.29, 0.717) is 0 Å². The van der Waals surface area contributed by atoms with Crippen LogP contribution in [0.4, 0.5) is 0 Å². The maximum atomic E-state index is 11.5. The molecule has 0 aromatic heterocycles. The number of aliphatic hydroxyl groups is 6. The average molecular weight is 338 g/mol. The van der Waals surface area contributed by atoms with Gasteiger partial charge >= 0.3 is 5.97 Å². The van der Waals surface area contributed by atoms with E-state index in [1.165, 1.54) is 0 Å². The summed E-state index contributed by atoms with van der Waals surface area (Å²) in [5.74, 6) is -2.22. The van der Waals surface area contributed by atoms with Gasteiger partial charge in [0.25, 0.3) is 0 Å². The smallest absolute Gasteiger partial charge is 0.343 e. The van der Waals surface area contributed by atoms with Crippen molar-refractivity contribution in [2.75, 3.05) is 13.2 Å². The Morgan fingerprint density at radius 3 is 2.26 bits per heavy atom. The van der Waals surface area contributed by atoms with Gasteiger partial charge in [0.05, 0.1) is 13.2 Å². The van der Waals surface area contributed by atoms with Gasteiger partial charge < -0.3 is 44.8 Å². The first-order valence-electron chi connectivity index (χ1n) is 6.80. The molecule has 1 unspecified atom stereocenters. The summed E-state index contributed by atoms with van der Waals surface area (Å²) in [5.41, 5.74) is 0. The molecule has 11 heteroatoms. The Labute approximate surface area is 129 Å². The van der Waals surface area contributed by atoms with Gasteiger partial charge in [-0.2, -0.15) is 0 Å². The number of cyclic esters (lactones) is 1. The molecule has 0 bridgehead atoms. The molecule has 2 fully saturated rings. The number of aliphatic hydroxyl groups excluding tert-OH is 6. The van der Waals surface area contributed by atoms with Crippen LogP contribution >= 0.6 is 0 Å². The van der Waals surface area contributed by atoms with Gasteiger partial charge in [0.2, 0.25) is 11.9 Å². The van der Waals surface area contributed by atoms with Crippen LogP contribution in [0, 0.1) is 0 Å². The van der Waals surface area contributed by atoms with Gasteiger partial charge in [0.1, 0.15) is 30.5 Å². The fourth-order valence-electron chi connectivity index (χ4n) is 2.27. The fraction of sp³-hybridized carbons (Fsp3) is 0.833. The highest BCUT2D eigenvalue weighted by Crippen LogP contribution is 2.23. The molecule has 2 saturated heterocycles. The number of carbonyl (C=O) groups is 2. The summed E-state index contributed by atoms with van der Waals surface area (Å²) in [6.45, 7) is -1.29. The van der Waals surface area contributed by atoms with Gasteiger partial charge in [-0.25, -0.2) is 4.79 Å². The number of Topliss-reactive ketones (excluding diaryl/α,β-unsaturated/α-hetero) is 1. The van der Waals surface area contributed by atoms with Crippen LogP contribution in [-0.2, 0) is 23.8 Å². The monoisotopic (exact) mass is 338 g/mol. The van der Waals surface area contributed by atoms with Crippen molar-refractivity contribution in [2.45, 2.75) is 49.0 Å². The maximum absolute atomic E-state index is 11.5. The zero-order chi connectivity index (χ0) is 17.3. The van der Waals surface area contributed by atoms with E-state index in [4.69, 9.17) is 19.7 Å². The van der Waals surface area contributed by atoms with Crippen LogP contribution in [0.1, 0.15) is 0 Å². The molecule has 2 rings (SSSR count). The first kappa shape index (κ1) is 18.2. The molecule has 2 heterocycles. The highest BCUT2D eigenvalue weighted by molar-refractivity contribution is 6.09. The van der Waals surface area contributed by atoms with Crippen LogP contribution in [0.5, 0.6) is 0 Å². The second-order valence-corrected chi connectivity index (χ2v) is 5.26. The van der Waals surface area contributed by atoms with Crippen LogP contribution in [0.3, 0.4) is 0 Å². The molecule has 2 aliphatic rings. The second-order valence-electron chi connectivity index (χ2n) is 5.26. The molecule has 6 N–H and O–H groups in total. The van der Waals surface area contributed by atoms with Gasteiger partial charge in [-0.05, 0) is 0 Å². The first-order valence-corrected chi connectivity index (χ1v) is 6.80. The van der Waals surface area contributed by atoms with E-state index in [2.05, 4.69) is 4.74 Å². The van der Waals surface area contributed by atoms with Crippen LogP contribution in [-0.4, -0.2) is 105 Å². The molecule has 23 heavy (non-hydrogen) atoms. The largest absolute Gasteiger partial charge is 0.449 e. The zero-order valence-electron chi connectivity index (χ0n) is 11.8. The van der Waals surface area contributed by atoms with Crippen molar-refractivity contribution in [3.8, 4) is 0 Å². The molecule has 0 radical (unpaired) electrons. The molecule has 132 valence electrons. The quantitative estimate of drug-likeness (QED) is 0.208. The lowest BCUT2D eigenvalue weighted by atomic mass is 9.99. The predicted molar refractivity (Wildman–Crippen MR) is 66.6 cm³/mol. The number of ether oxygens (including phenoxy) is 3. The van der Waals surface area contributed by atoms with Crippen molar-refractivity contribution in [3.05, 3.63) is 0 Å². The van der Waals surface area contributed by atoms with Crippen molar-refractivity contribution in [2.24, 2.45) is 0 Å². The fourth-order valence-corrected chi connectivity index (χ4v) is 2.27. The van der Waals surface area contributed by atoms with Crippen molar-refractivity contribution in [1.29, 1.82) is 0 Å². The number of hydrogen-bond donors (Lipinski definition) is 6. The summed E-state index contributed by atoms with van der Waals surface area (Å²) in [7, 11) is 0. The molecule has 0 amide bonds. The van der Waals surface area contributed by atoms with Gasteiger partial charge in [0, 0.05) is 0 Å². The molecule has 0 aromatic rings. The van der Waals surface area contributed by atoms with E-state index < -0.39 is 74.0 Å². The molecule has 0 aliphatic carbocycles. The van der Waals surface area contributed by atoms with Gasteiger partial charge in [-0.3, -0.25) is 4.79 Å². The van der Waals surface area contributed by atoms with Crippen molar-refractivity contribution in [1.82, 2.24) is 0 Å². The van der Waals surface area contributed by atoms with Crippen LogP contribution < -0.4 is 0 Å². The van der Waals surface area contributed by atoms with E-state index in [1.807, 2.05) is 0 Å². The maximum Gasteiger partial charge on any atom is 0.343 e. The summed E-state index contributed by atoms with van der Waals surface area (Å²) in [4.78, 5) is 22.5. The number of esters is 1. The third kappa shape index (κ3) is 3.51. The van der Waals surface area contributed by atoms with Crippen LogP contribution in [0.15, 0.2) is 0 Å². The van der Waals surface area contributed by atoms with Crippen molar-refractivity contribution < 1.29 is 54.4 Å². The third-order valence-electron chi connectivity index (χ3n) is 3.65. The molecule has 0 spiro atoms. The van der Waals surface area contributed by atoms with Crippen molar-refractivity contribution >= 4 is 11.8 Å². The number of ketones is 1. The lowest BCUT2D eigenvalue weighted by Gasteiger charge is -2.39. The summed E-state index contributed by atoms with van der Waals surface area (Å²) in [6, 6.07) is 0. The van der Waals surface area contributed by atoms with Gasteiger partial charge in [0.15, 0.2) is 12.4 Å². The SMILES string of the molecule is O=C1O[C@H]([C@@H](O)CO[C@@H]2O[C@H](CO)[C@@H](O)[C@H](O)[C@H]2O)C(=O)C1O. The Morgan fingerprint density at radius 2 is 1.74 bits per heavy atom. The molecule has 0 saturated carbocycles. The standard InChI is InChI=1S/C12H18O11/c13-1-4-5(15)6(16)9(19)12(22-4)21-2-3(14)10-7(17)8(18)11(20)23-10/h3-6,8-10,12-16,18-19H,1-2H2/t3-,4+,5+,6-,8?,9+,10+,12+/m0/s1.